The number of ether oxygens (including phenoxy) is 1. The van der Waals surface area contributed by atoms with Crippen molar-refractivity contribution >= 4 is 8.56 Å². The van der Waals surface area contributed by atoms with Crippen LogP contribution in [0.4, 0.5) is 0 Å². The van der Waals surface area contributed by atoms with E-state index in [-0.39, 0.29) is 0 Å². The van der Waals surface area contributed by atoms with Crippen LogP contribution in [0.15, 0.2) is 0 Å². The molecule has 0 saturated carbocycles. The number of unbranched alkanes of at least 4 members (excludes halogenated alkanes) is 5. The molecule has 0 aliphatic rings. The Hall–Kier alpha value is 0.0969. The summed E-state index contributed by atoms with van der Waals surface area (Å²) in [5.41, 5.74) is 0. The fourth-order valence-electron chi connectivity index (χ4n) is 2.54. The Bertz CT molecular complexity index is 232. The molecule has 0 rings (SSSR count). The van der Waals surface area contributed by atoms with Gasteiger partial charge in [0, 0.05) is 26.9 Å². The molecule has 0 aliphatic carbocycles. The summed E-state index contributed by atoms with van der Waals surface area (Å²) in [7, 11) is -0.203. The lowest BCUT2D eigenvalue weighted by Gasteiger charge is -2.30. The molecule has 4 heteroatoms. The zero-order chi connectivity index (χ0) is 16.7. The van der Waals surface area contributed by atoms with Gasteiger partial charge < -0.3 is 13.6 Å². The van der Waals surface area contributed by atoms with Gasteiger partial charge in [0.05, 0.1) is 0 Å². The topological polar surface area (TPSA) is 27.7 Å². The molecule has 0 heterocycles. The molecule has 134 valence electrons. The van der Waals surface area contributed by atoms with Gasteiger partial charge in [-0.3, -0.25) is 0 Å². The SMILES string of the molecule is CCCCCCCCO[Si](CC)(CC)OCC(C)CCOC. The third-order valence-electron chi connectivity index (χ3n) is 4.39. The molecule has 1 unspecified atom stereocenters. The van der Waals surface area contributed by atoms with Crippen LogP contribution in [0.25, 0.3) is 0 Å². The minimum atomic E-state index is -1.96. The Morgan fingerprint density at radius 2 is 1.45 bits per heavy atom. The van der Waals surface area contributed by atoms with E-state index in [9.17, 15) is 0 Å². The van der Waals surface area contributed by atoms with Crippen LogP contribution in [-0.2, 0) is 13.6 Å². The van der Waals surface area contributed by atoms with Gasteiger partial charge >= 0.3 is 8.56 Å². The predicted molar refractivity (Wildman–Crippen MR) is 97.7 cm³/mol. The summed E-state index contributed by atoms with van der Waals surface area (Å²) in [5.74, 6) is 0.544. The Morgan fingerprint density at radius 1 is 0.818 bits per heavy atom. The van der Waals surface area contributed by atoms with Crippen molar-refractivity contribution in [2.45, 2.75) is 84.7 Å². The second kappa shape index (κ2) is 14.7. The molecule has 0 bridgehead atoms. The highest BCUT2D eigenvalue weighted by Gasteiger charge is 2.33. The minimum absolute atomic E-state index is 0.544. The van der Waals surface area contributed by atoms with E-state index in [1.807, 2.05) is 0 Å². The highest BCUT2D eigenvalue weighted by molar-refractivity contribution is 6.67. The van der Waals surface area contributed by atoms with Crippen molar-refractivity contribution in [2.75, 3.05) is 26.9 Å². The van der Waals surface area contributed by atoms with Gasteiger partial charge in [0.25, 0.3) is 0 Å². The molecule has 0 aromatic heterocycles. The van der Waals surface area contributed by atoms with Gasteiger partial charge in [0.15, 0.2) is 0 Å². The molecular weight excluding hydrogens is 292 g/mol. The monoisotopic (exact) mass is 332 g/mol. The highest BCUT2D eigenvalue weighted by Crippen LogP contribution is 2.21. The molecule has 0 aromatic rings. The lowest BCUT2D eigenvalue weighted by atomic mass is 10.1. The fourth-order valence-corrected chi connectivity index (χ4v) is 5.04. The Balaban J connectivity index is 3.94. The highest BCUT2D eigenvalue weighted by atomic mass is 28.4. The standard InChI is InChI=1S/C18H40O3Si/c1-6-9-10-11-12-13-15-20-22(7-2,8-3)21-17-18(4)14-16-19-5/h18H,6-17H2,1-5H3. The van der Waals surface area contributed by atoms with Crippen LogP contribution >= 0.6 is 0 Å². The first-order valence-corrected chi connectivity index (χ1v) is 11.6. The maximum absolute atomic E-state index is 6.29. The van der Waals surface area contributed by atoms with Crippen LogP contribution in [0.3, 0.4) is 0 Å². The van der Waals surface area contributed by atoms with Gasteiger partial charge in [0.2, 0.25) is 0 Å². The van der Waals surface area contributed by atoms with E-state index in [1.165, 1.54) is 38.5 Å². The third-order valence-corrected chi connectivity index (χ3v) is 7.96. The fraction of sp³-hybridized carbons (Fsp3) is 1.00. The van der Waals surface area contributed by atoms with Gasteiger partial charge in [-0.15, -0.1) is 0 Å². The van der Waals surface area contributed by atoms with E-state index in [1.54, 1.807) is 7.11 Å². The summed E-state index contributed by atoms with van der Waals surface area (Å²) in [6, 6.07) is 2.10. The van der Waals surface area contributed by atoms with Crippen molar-refractivity contribution in [1.82, 2.24) is 0 Å². The lowest BCUT2D eigenvalue weighted by Crippen LogP contribution is -2.42. The summed E-state index contributed by atoms with van der Waals surface area (Å²) in [5, 5.41) is 0. The first-order valence-electron chi connectivity index (χ1n) is 9.40. The molecule has 0 amide bonds. The smallest absolute Gasteiger partial charge is 0.337 e. The Labute approximate surface area is 140 Å². The average Bonchev–Trinajstić information content (AvgIpc) is 2.55. The Kier molecular flexibility index (Phi) is 14.7. The molecule has 0 aromatic carbocycles. The van der Waals surface area contributed by atoms with Crippen molar-refractivity contribution in [3.63, 3.8) is 0 Å². The molecule has 3 nitrogen and oxygen atoms in total. The molecule has 0 N–H and O–H groups in total. The van der Waals surface area contributed by atoms with Crippen molar-refractivity contribution in [1.29, 1.82) is 0 Å². The molecule has 0 aliphatic heterocycles. The third kappa shape index (κ3) is 10.8. The second-order valence-electron chi connectivity index (χ2n) is 6.43. The molecule has 0 spiro atoms. The zero-order valence-corrected chi connectivity index (χ0v) is 16.8. The minimum Gasteiger partial charge on any atom is -0.394 e. The van der Waals surface area contributed by atoms with Crippen molar-refractivity contribution in [3.8, 4) is 0 Å². The number of hydrogen-bond acceptors (Lipinski definition) is 3. The van der Waals surface area contributed by atoms with Crippen molar-refractivity contribution < 1.29 is 13.6 Å². The maximum atomic E-state index is 6.29. The summed E-state index contributed by atoms with van der Waals surface area (Å²) in [6.07, 6.45) is 8.93. The summed E-state index contributed by atoms with van der Waals surface area (Å²) in [6.45, 7) is 11.4. The first kappa shape index (κ1) is 22.1. The van der Waals surface area contributed by atoms with Gasteiger partial charge in [-0.05, 0) is 30.8 Å². The van der Waals surface area contributed by atoms with Crippen LogP contribution < -0.4 is 0 Å². The zero-order valence-electron chi connectivity index (χ0n) is 15.8. The quantitative estimate of drug-likeness (QED) is 0.274. The van der Waals surface area contributed by atoms with Crippen molar-refractivity contribution in [2.24, 2.45) is 5.92 Å². The van der Waals surface area contributed by atoms with Crippen LogP contribution in [0.1, 0.15) is 72.6 Å². The largest absolute Gasteiger partial charge is 0.394 e. The molecular formula is C18H40O3Si. The molecule has 0 fully saturated rings. The summed E-state index contributed by atoms with van der Waals surface area (Å²) in [4.78, 5) is 0. The van der Waals surface area contributed by atoms with E-state index in [2.05, 4.69) is 27.7 Å². The van der Waals surface area contributed by atoms with Crippen LogP contribution in [0.2, 0.25) is 12.1 Å². The number of hydrogen-bond donors (Lipinski definition) is 0. The molecule has 0 radical (unpaired) electrons. The van der Waals surface area contributed by atoms with E-state index >= 15 is 0 Å². The number of rotatable bonds is 16. The van der Waals surface area contributed by atoms with Gasteiger partial charge in [-0.2, -0.15) is 0 Å². The Morgan fingerprint density at radius 3 is 2.05 bits per heavy atom. The number of methoxy groups -OCH3 is 1. The van der Waals surface area contributed by atoms with E-state index in [0.717, 1.165) is 38.3 Å². The normalized spacial score (nSPS) is 13.5. The molecule has 22 heavy (non-hydrogen) atoms. The van der Waals surface area contributed by atoms with Crippen molar-refractivity contribution in [3.05, 3.63) is 0 Å². The maximum Gasteiger partial charge on any atom is 0.337 e. The van der Waals surface area contributed by atoms with Crippen LogP contribution in [0.5, 0.6) is 0 Å². The molecule has 0 saturated heterocycles. The first-order chi connectivity index (χ1) is 10.6. The second-order valence-corrected chi connectivity index (χ2v) is 10.2. The lowest BCUT2D eigenvalue weighted by molar-refractivity contribution is 0.125. The van der Waals surface area contributed by atoms with Gasteiger partial charge in [0.1, 0.15) is 0 Å². The van der Waals surface area contributed by atoms with Gasteiger partial charge in [-0.1, -0.05) is 59.8 Å². The predicted octanol–water partition coefficient (Wildman–Crippen LogP) is 5.53. The van der Waals surface area contributed by atoms with E-state index < -0.39 is 8.56 Å². The summed E-state index contributed by atoms with van der Waals surface area (Å²) >= 11 is 0. The summed E-state index contributed by atoms with van der Waals surface area (Å²) < 4.78 is 17.7. The van der Waals surface area contributed by atoms with E-state index in [0.29, 0.717) is 5.92 Å². The van der Waals surface area contributed by atoms with Crippen LogP contribution in [-0.4, -0.2) is 35.5 Å². The average molecular weight is 333 g/mol. The van der Waals surface area contributed by atoms with Crippen LogP contribution in [0, 0.1) is 5.92 Å². The van der Waals surface area contributed by atoms with E-state index in [4.69, 9.17) is 13.6 Å². The molecule has 1 atom stereocenters. The van der Waals surface area contributed by atoms with Gasteiger partial charge in [-0.25, -0.2) is 0 Å².